The van der Waals surface area contributed by atoms with Crippen molar-refractivity contribution in [2.75, 3.05) is 13.6 Å². The topological polar surface area (TPSA) is 88.1 Å². The summed E-state index contributed by atoms with van der Waals surface area (Å²) in [7, 11) is 1.80. The molecule has 2 amide bonds. The summed E-state index contributed by atoms with van der Waals surface area (Å²) in [6.07, 6.45) is 6.11. The van der Waals surface area contributed by atoms with Crippen LogP contribution in [0.2, 0.25) is 0 Å². The summed E-state index contributed by atoms with van der Waals surface area (Å²) in [5.41, 5.74) is 3.48. The molecule has 0 saturated heterocycles. The first-order valence-electron chi connectivity index (χ1n) is 10.8. The number of carbonyl (C=O) groups excluding carboxylic acids is 2. The van der Waals surface area contributed by atoms with Crippen LogP contribution < -0.4 is 5.32 Å². The van der Waals surface area contributed by atoms with E-state index < -0.39 is 0 Å². The number of hydrogen-bond acceptors (Lipinski definition) is 5. The number of hydrogen-bond donors (Lipinski definition) is 1. The third-order valence-corrected chi connectivity index (χ3v) is 5.56. The molecule has 0 aliphatic rings. The Bertz CT molecular complexity index is 1230. The predicted octanol–water partition coefficient (Wildman–Crippen LogP) is 3.53. The Labute approximate surface area is 192 Å². The van der Waals surface area contributed by atoms with Gasteiger partial charge >= 0.3 is 0 Å². The van der Waals surface area contributed by atoms with Crippen LogP contribution in [-0.4, -0.2) is 51.3 Å². The summed E-state index contributed by atoms with van der Waals surface area (Å²) in [5.74, 6) is -0.323. The minimum Gasteiger partial charge on any atom is -0.351 e. The first kappa shape index (κ1) is 22.1. The second-order valence-electron chi connectivity index (χ2n) is 7.78. The Kier molecular flexibility index (Phi) is 6.99. The molecule has 0 unspecified atom stereocenters. The maximum absolute atomic E-state index is 13.3. The minimum atomic E-state index is -0.226. The van der Waals surface area contributed by atoms with E-state index in [1.807, 2.05) is 36.4 Å². The van der Waals surface area contributed by atoms with Gasteiger partial charge in [0.05, 0.1) is 11.0 Å². The molecular formula is C26H25N5O2. The number of fused-ring (bicyclic) bond motifs is 1. The van der Waals surface area contributed by atoms with Gasteiger partial charge in [0.15, 0.2) is 0 Å². The third kappa shape index (κ3) is 5.57. The smallest absolute Gasteiger partial charge is 0.269 e. The van der Waals surface area contributed by atoms with Crippen LogP contribution in [-0.2, 0) is 6.42 Å². The fraction of sp³-hybridized carbons (Fsp3) is 0.192. The number of aromatic nitrogens is 3. The summed E-state index contributed by atoms with van der Waals surface area (Å²) in [6, 6.07) is 20.5. The van der Waals surface area contributed by atoms with Gasteiger partial charge in [0.25, 0.3) is 11.8 Å². The van der Waals surface area contributed by atoms with Crippen LogP contribution in [0, 0.1) is 0 Å². The van der Waals surface area contributed by atoms with E-state index in [2.05, 4.69) is 20.3 Å². The van der Waals surface area contributed by atoms with Gasteiger partial charge in [-0.2, -0.15) is 0 Å². The Morgan fingerprint density at radius 2 is 1.64 bits per heavy atom. The lowest BCUT2D eigenvalue weighted by Gasteiger charge is -2.29. The zero-order valence-corrected chi connectivity index (χ0v) is 18.4. The highest BCUT2D eigenvalue weighted by atomic mass is 16.2. The zero-order chi connectivity index (χ0) is 23.0. The molecule has 0 bridgehead atoms. The molecule has 0 fully saturated rings. The van der Waals surface area contributed by atoms with Gasteiger partial charge in [-0.25, -0.2) is 0 Å². The molecule has 4 rings (SSSR count). The van der Waals surface area contributed by atoms with E-state index in [0.29, 0.717) is 36.2 Å². The van der Waals surface area contributed by atoms with E-state index in [-0.39, 0.29) is 17.9 Å². The van der Waals surface area contributed by atoms with Crippen molar-refractivity contribution in [3.05, 3.63) is 102 Å². The first-order chi connectivity index (χ1) is 16.1. The normalized spacial score (nSPS) is 11.7. The summed E-state index contributed by atoms with van der Waals surface area (Å²) in [6.45, 7) is 0.424. The lowest BCUT2D eigenvalue weighted by atomic mass is 10.0. The van der Waals surface area contributed by atoms with Gasteiger partial charge in [0.2, 0.25) is 0 Å². The van der Waals surface area contributed by atoms with Gasteiger partial charge in [0, 0.05) is 43.8 Å². The molecule has 7 nitrogen and oxygen atoms in total. The molecule has 2 heterocycles. The van der Waals surface area contributed by atoms with Gasteiger partial charge < -0.3 is 10.2 Å². The van der Waals surface area contributed by atoms with Gasteiger partial charge in [-0.05, 0) is 48.7 Å². The quantitative estimate of drug-likeness (QED) is 0.454. The van der Waals surface area contributed by atoms with Crippen LogP contribution >= 0.6 is 0 Å². The molecule has 166 valence electrons. The number of likely N-dealkylation sites (N-methyl/N-ethyl adjacent to an activating group) is 1. The lowest BCUT2D eigenvalue weighted by Crippen LogP contribution is -2.41. The molecule has 0 aliphatic carbocycles. The molecule has 0 aliphatic heterocycles. The fourth-order valence-corrected chi connectivity index (χ4v) is 3.72. The van der Waals surface area contributed by atoms with Crippen LogP contribution in [0.4, 0.5) is 0 Å². The fourth-order valence-electron chi connectivity index (χ4n) is 3.72. The third-order valence-electron chi connectivity index (χ3n) is 5.56. The summed E-state index contributed by atoms with van der Waals surface area (Å²) in [5, 5.41) is 2.92. The van der Waals surface area contributed by atoms with Crippen molar-refractivity contribution in [2.45, 2.75) is 18.9 Å². The summed E-state index contributed by atoms with van der Waals surface area (Å²) in [4.78, 5) is 40.1. The van der Waals surface area contributed by atoms with Gasteiger partial charge in [-0.1, -0.05) is 36.4 Å². The van der Waals surface area contributed by atoms with E-state index in [0.717, 1.165) is 11.1 Å². The largest absolute Gasteiger partial charge is 0.351 e. The highest BCUT2D eigenvalue weighted by Gasteiger charge is 2.22. The minimum absolute atomic E-state index is 0.0977. The Morgan fingerprint density at radius 3 is 2.39 bits per heavy atom. The molecule has 4 aromatic rings. The molecule has 0 radical (unpaired) electrons. The molecule has 0 saturated carbocycles. The first-order valence-corrected chi connectivity index (χ1v) is 10.8. The monoisotopic (exact) mass is 439 g/mol. The molecule has 2 aromatic carbocycles. The van der Waals surface area contributed by atoms with E-state index in [1.54, 1.807) is 60.9 Å². The van der Waals surface area contributed by atoms with E-state index >= 15 is 0 Å². The number of nitrogens with one attached hydrogen (secondary N) is 1. The SMILES string of the molecule is CN(C(=O)c1ccc2nccnc2c1)[C@H](CCNC(=O)c1ccccn1)Cc1ccccc1. The van der Waals surface area contributed by atoms with Crippen LogP contribution in [0.1, 0.15) is 32.8 Å². The lowest BCUT2D eigenvalue weighted by molar-refractivity contribution is 0.0723. The average Bonchev–Trinajstić information content (AvgIpc) is 2.88. The second kappa shape index (κ2) is 10.5. The Balaban J connectivity index is 1.48. The van der Waals surface area contributed by atoms with Crippen LogP contribution in [0.5, 0.6) is 0 Å². The molecule has 1 atom stereocenters. The number of pyridine rings is 1. The molecular weight excluding hydrogens is 414 g/mol. The van der Waals surface area contributed by atoms with Gasteiger partial charge in [-0.15, -0.1) is 0 Å². The Morgan fingerprint density at radius 1 is 0.879 bits per heavy atom. The van der Waals surface area contributed by atoms with Crippen LogP contribution in [0.15, 0.2) is 85.3 Å². The maximum Gasteiger partial charge on any atom is 0.269 e. The standard InChI is InChI=1S/C26H25N5O2/c1-31(26(33)20-10-11-22-24(18-20)29-16-15-28-22)21(17-19-7-3-2-4-8-19)12-14-30-25(32)23-9-5-6-13-27-23/h2-11,13,15-16,18,21H,12,14,17H2,1H3,(H,30,32)/t21-/m1/s1. The number of nitrogens with zero attached hydrogens (tertiary/aromatic N) is 4. The van der Waals surface area contributed by atoms with E-state index in [1.165, 1.54) is 0 Å². The van der Waals surface area contributed by atoms with Crippen molar-refractivity contribution in [2.24, 2.45) is 0 Å². The Hall–Kier alpha value is -4.13. The van der Waals surface area contributed by atoms with Crippen molar-refractivity contribution in [1.82, 2.24) is 25.2 Å². The predicted molar refractivity (Wildman–Crippen MR) is 127 cm³/mol. The molecule has 0 spiro atoms. The highest BCUT2D eigenvalue weighted by Crippen LogP contribution is 2.17. The summed E-state index contributed by atoms with van der Waals surface area (Å²) >= 11 is 0. The van der Waals surface area contributed by atoms with Crippen molar-refractivity contribution in [3.63, 3.8) is 0 Å². The molecule has 2 aromatic heterocycles. The maximum atomic E-state index is 13.3. The van der Waals surface area contributed by atoms with E-state index in [9.17, 15) is 9.59 Å². The van der Waals surface area contributed by atoms with Crippen molar-refractivity contribution in [3.8, 4) is 0 Å². The van der Waals surface area contributed by atoms with Crippen LogP contribution in [0.25, 0.3) is 11.0 Å². The molecule has 33 heavy (non-hydrogen) atoms. The second-order valence-corrected chi connectivity index (χ2v) is 7.78. The van der Waals surface area contributed by atoms with Crippen molar-refractivity contribution >= 4 is 22.8 Å². The van der Waals surface area contributed by atoms with Gasteiger partial charge in [0.1, 0.15) is 5.69 Å². The molecule has 7 heteroatoms. The number of carbonyl (C=O) groups is 2. The average molecular weight is 440 g/mol. The highest BCUT2D eigenvalue weighted by molar-refractivity contribution is 5.97. The number of benzene rings is 2. The number of rotatable bonds is 8. The zero-order valence-electron chi connectivity index (χ0n) is 18.4. The van der Waals surface area contributed by atoms with E-state index in [4.69, 9.17) is 0 Å². The van der Waals surface area contributed by atoms with Gasteiger partial charge in [-0.3, -0.25) is 24.5 Å². The molecule has 1 N–H and O–H groups in total. The van der Waals surface area contributed by atoms with Crippen LogP contribution in [0.3, 0.4) is 0 Å². The van der Waals surface area contributed by atoms with Crippen molar-refractivity contribution in [1.29, 1.82) is 0 Å². The van der Waals surface area contributed by atoms with Crippen molar-refractivity contribution < 1.29 is 9.59 Å². The number of amides is 2. The summed E-state index contributed by atoms with van der Waals surface area (Å²) < 4.78 is 0.